The van der Waals surface area contributed by atoms with Crippen molar-refractivity contribution in [3.63, 3.8) is 0 Å². The molecule has 0 saturated heterocycles. The van der Waals surface area contributed by atoms with Gasteiger partial charge in [-0.3, -0.25) is 0 Å². The van der Waals surface area contributed by atoms with Crippen molar-refractivity contribution in [3.8, 4) is 17.6 Å². The number of nitrogens with zero attached hydrogens (tertiary/aromatic N) is 1. The second-order valence-electron chi connectivity index (χ2n) is 4.30. The van der Waals surface area contributed by atoms with E-state index in [2.05, 4.69) is 11.4 Å². The van der Waals surface area contributed by atoms with Gasteiger partial charge in [-0.2, -0.15) is 5.26 Å². The Balaban J connectivity index is 2.34. The summed E-state index contributed by atoms with van der Waals surface area (Å²) in [6.07, 6.45) is 0. The predicted octanol–water partition coefficient (Wildman–Crippen LogP) is 3.29. The van der Waals surface area contributed by atoms with E-state index < -0.39 is 0 Å². The van der Waals surface area contributed by atoms with E-state index in [0.717, 1.165) is 11.4 Å². The molecular formula is C16H17N3O2. The lowest BCUT2D eigenvalue weighted by Gasteiger charge is -2.15. The van der Waals surface area contributed by atoms with Crippen LogP contribution in [0.1, 0.15) is 12.5 Å². The normalized spacial score (nSPS) is 9.76. The smallest absolute Gasteiger partial charge is 0.144 e. The number of para-hydroxylation sites is 1. The van der Waals surface area contributed by atoms with Gasteiger partial charge in [-0.25, -0.2) is 0 Å². The zero-order valence-corrected chi connectivity index (χ0v) is 12.0. The summed E-state index contributed by atoms with van der Waals surface area (Å²) in [5.41, 5.74) is 8.61. The number of benzene rings is 2. The van der Waals surface area contributed by atoms with Gasteiger partial charge in [0, 0.05) is 6.07 Å². The highest BCUT2D eigenvalue weighted by molar-refractivity contribution is 5.79. The van der Waals surface area contributed by atoms with Gasteiger partial charge in [0.25, 0.3) is 0 Å². The molecule has 3 N–H and O–H groups in total. The highest BCUT2D eigenvalue weighted by atomic mass is 16.5. The molecular weight excluding hydrogens is 266 g/mol. The largest absolute Gasteiger partial charge is 0.495 e. The molecule has 0 spiro atoms. The first-order valence-corrected chi connectivity index (χ1v) is 6.56. The summed E-state index contributed by atoms with van der Waals surface area (Å²) in [6.45, 7) is 2.46. The van der Waals surface area contributed by atoms with Crippen LogP contribution in [0.15, 0.2) is 36.4 Å². The summed E-state index contributed by atoms with van der Waals surface area (Å²) < 4.78 is 10.8. The number of nitrogens with two attached hydrogens (primary N) is 1. The van der Waals surface area contributed by atoms with Crippen molar-refractivity contribution in [3.05, 3.63) is 42.0 Å². The highest BCUT2D eigenvalue weighted by Crippen LogP contribution is 2.34. The molecule has 21 heavy (non-hydrogen) atoms. The number of methoxy groups -OCH3 is 1. The molecule has 0 bridgehead atoms. The molecule has 108 valence electrons. The van der Waals surface area contributed by atoms with Crippen molar-refractivity contribution in [2.24, 2.45) is 0 Å². The van der Waals surface area contributed by atoms with E-state index in [-0.39, 0.29) is 0 Å². The Kier molecular flexibility index (Phi) is 4.52. The van der Waals surface area contributed by atoms with Crippen molar-refractivity contribution in [2.45, 2.75) is 6.92 Å². The molecule has 0 atom stereocenters. The monoisotopic (exact) mass is 283 g/mol. The second kappa shape index (κ2) is 6.53. The maximum Gasteiger partial charge on any atom is 0.144 e. The molecule has 0 radical (unpaired) electrons. The van der Waals surface area contributed by atoms with E-state index in [1.54, 1.807) is 25.3 Å². The number of rotatable bonds is 5. The third-order valence-electron chi connectivity index (χ3n) is 2.97. The zero-order valence-electron chi connectivity index (χ0n) is 12.0. The number of nitrogen functional groups attached to an aromatic ring is 1. The van der Waals surface area contributed by atoms with Crippen LogP contribution < -0.4 is 20.5 Å². The van der Waals surface area contributed by atoms with Gasteiger partial charge in [0.15, 0.2) is 0 Å². The van der Waals surface area contributed by atoms with Gasteiger partial charge >= 0.3 is 0 Å². The van der Waals surface area contributed by atoms with Crippen molar-refractivity contribution < 1.29 is 9.47 Å². The average Bonchev–Trinajstić information content (AvgIpc) is 2.51. The molecule has 0 fully saturated rings. The van der Waals surface area contributed by atoms with Gasteiger partial charge in [0.05, 0.1) is 42.4 Å². The molecule has 2 aromatic rings. The molecule has 5 nitrogen and oxygen atoms in total. The lowest BCUT2D eigenvalue weighted by atomic mass is 10.2. The van der Waals surface area contributed by atoms with E-state index in [9.17, 15) is 0 Å². The molecule has 2 rings (SSSR count). The maximum absolute atomic E-state index is 8.92. The van der Waals surface area contributed by atoms with Gasteiger partial charge < -0.3 is 20.5 Å². The first-order chi connectivity index (χ1) is 10.2. The summed E-state index contributed by atoms with van der Waals surface area (Å²) in [6, 6.07) is 12.8. The third kappa shape index (κ3) is 3.18. The van der Waals surface area contributed by atoms with Crippen molar-refractivity contribution in [1.29, 1.82) is 5.26 Å². The Morgan fingerprint density at radius 2 is 2.00 bits per heavy atom. The van der Waals surface area contributed by atoms with Crippen LogP contribution in [0.4, 0.5) is 17.1 Å². The van der Waals surface area contributed by atoms with Crippen LogP contribution in [0.2, 0.25) is 0 Å². The van der Waals surface area contributed by atoms with Gasteiger partial charge in [-0.1, -0.05) is 6.07 Å². The van der Waals surface area contributed by atoms with E-state index >= 15 is 0 Å². The van der Waals surface area contributed by atoms with Gasteiger partial charge in [0.1, 0.15) is 11.5 Å². The Labute approximate surface area is 123 Å². The molecule has 0 aliphatic rings. The maximum atomic E-state index is 8.92. The van der Waals surface area contributed by atoms with Crippen molar-refractivity contribution >= 4 is 17.1 Å². The van der Waals surface area contributed by atoms with Crippen LogP contribution in [0.25, 0.3) is 0 Å². The van der Waals surface area contributed by atoms with Gasteiger partial charge in [0.2, 0.25) is 0 Å². The quantitative estimate of drug-likeness (QED) is 0.823. The fourth-order valence-corrected chi connectivity index (χ4v) is 1.94. The van der Waals surface area contributed by atoms with Crippen LogP contribution in [0, 0.1) is 11.3 Å². The lowest BCUT2D eigenvalue weighted by molar-refractivity contribution is 0.342. The predicted molar refractivity (Wildman–Crippen MR) is 83.0 cm³/mol. The molecule has 0 amide bonds. The van der Waals surface area contributed by atoms with E-state index in [0.29, 0.717) is 29.4 Å². The Morgan fingerprint density at radius 1 is 1.19 bits per heavy atom. The van der Waals surface area contributed by atoms with E-state index in [4.69, 9.17) is 20.5 Å². The number of ether oxygens (including phenoxy) is 2. The average molecular weight is 283 g/mol. The summed E-state index contributed by atoms with van der Waals surface area (Å²) in [5.74, 6) is 1.21. The summed E-state index contributed by atoms with van der Waals surface area (Å²) in [7, 11) is 1.56. The van der Waals surface area contributed by atoms with Crippen LogP contribution in [0.3, 0.4) is 0 Å². The molecule has 0 aliphatic carbocycles. The van der Waals surface area contributed by atoms with Crippen LogP contribution >= 0.6 is 0 Å². The van der Waals surface area contributed by atoms with Gasteiger partial charge in [-0.15, -0.1) is 0 Å². The van der Waals surface area contributed by atoms with Gasteiger partial charge in [-0.05, 0) is 31.2 Å². The number of nitriles is 1. The highest BCUT2D eigenvalue weighted by Gasteiger charge is 2.09. The Hall–Kier alpha value is -2.87. The molecule has 0 saturated carbocycles. The zero-order chi connectivity index (χ0) is 15.2. The summed E-state index contributed by atoms with van der Waals surface area (Å²) in [5, 5.41) is 12.1. The molecule has 5 heteroatoms. The minimum atomic E-state index is 0.533. The number of anilines is 3. The first kappa shape index (κ1) is 14.5. The van der Waals surface area contributed by atoms with Crippen molar-refractivity contribution in [2.75, 3.05) is 24.8 Å². The van der Waals surface area contributed by atoms with Crippen LogP contribution in [0.5, 0.6) is 11.5 Å². The summed E-state index contributed by atoms with van der Waals surface area (Å²) >= 11 is 0. The third-order valence-corrected chi connectivity index (χ3v) is 2.97. The SMILES string of the molecule is CCOc1cccc(Nc2ccc(C#N)cc2OC)c1N. The minimum absolute atomic E-state index is 0.533. The fraction of sp³-hybridized carbons (Fsp3) is 0.188. The minimum Gasteiger partial charge on any atom is -0.495 e. The Bertz CT molecular complexity index is 678. The fourth-order valence-electron chi connectivity index (χ4n) is 1.94. The molecule has 0 unspecified atom stereocenters. The first-order valence-electron chi connectivity index (χ1n) is 6.56. The van der Waals surface area contributed by atoms with E-state index in [1.165, 1.54) is 0 Å². The molecule has 0 aliphatic heterocycles. The van der Waals surface area contributed by atoms with Crippen LogP contribution in [-0.2, 0) is 0 Å². The number of hydrogen-bond donors (Lipinski definition) is 2. The molecule has 0 heterocycles. The number of hydrogen-bond acceptors (Lipinski definition) is 5. The van der Waals surface area contributed by atoms with Crippen molar-refractivity contribution in [1.82, 2.24) is 0 Å². The Morgan fingerprint density at radius 3 is 2.67 bits per heavy atom. The number of nitrogens with one attached hydrogen (secondary N) is 1. The lowest BCUT2D eigenvalue weighted by Crippen LogP contribution is -2.02. The summed E-state index contributed by atoms with van der Waals surface area (Å²) in [4.78, 5) is 0. The second-order valence-corrected chi connectivity index (χ2v) is 4.30. The van der Waals surface area contributed by atoms with Crippen LogP contribution in [-0.4, -0.2) is 13.7 Å². The topological polar surface area (TPSA) is 80.3 Å². The molecule has 2 aromatic carbocycles. The van der Waals surface area contributed by atoms with E-state index in [1.807, 2.05) is 25.1 Å². The standard InChI is InChI=1S/C16H17N3O2/c1-3-21-14-6-4-5-13(16(14)18)19-12-8-7-11(10-17)9-15(12)20-2/h4-9,19H,3,18H2,1-2H3. The molecule has 0 aromatic heterocycles.